The standard InChI is InChI=1S/C15H16N4O2/c1-3-13(21)14(11(2)20)18-19-10-4-7-17-15(19)12-5-8-16-9-6-12/h3-10,14-15,18H,1H2,2H3. The lowest BCUT2D eigenvalue weighted by molar-refractivity contribution is -0.128. The number of carbonyl (C=O) groups excluding carboxylic acids is 2. The number of Topliss-reactive ketones (excluding diaryl/α,β-unsaturated/α-hetero) is 1. The summed E-state index contributed by atoms with van der Waals surface area (Å²) >= 11 is 0. The Labute approximate surface area is 122 Å². The molecule has 2 unspecified atom stereocenters. The zero-order valence-electron chi connectivity index (χ0n) is 11.6. The average Bonchev–Trinajstić information content (AvgIpc) is 2.52. The summed E-state index contributed by atoms with van der Waals surface area (Å²) < 4.78 is 0. The Morgan fingerprint density at radius 1 is 1.43 bits per heavy atom. The highest BCUT2D eigenvalue weighted by Crippen LogP contribution is 2.22. The molecule has 0 amide bonds. The van der Waals surface area contributed by atoms with Crippen molar-refractivity contribution in [2.45, 2.75) is 19.1 Å². The molecular formula is C15H16N4O2. The molecule has 1 aliphatic heterocycles. The van der Waals surface area contributed by atoms with E-state index < -0.39 is 6.04 Å². The van der Waals surface area contributed by atoms with E-state index in [-0.39, 0.29) is 17.7 Å². The molecule has 0 fully saturated rings. The van der Waals surface area contributed by atoms with Crippen LogP contribution in [0.25, 0.3) is 0 Å². The molecule has 108 valence electrons. The number of aromatic nitrogens is 1. The number of pyridine rings is 1. The van der Waals surface area contributed by atoms with Crippen molar-refractivity contribution in [3.63, 3.8) is 0 Å². The summed E-state index contributed by atoms with van der Waals surface area (Å²) in [6.45, 7) is 4.78. The number of ketones is 2. The van der Waals surface area contributed by atoms with Gasteiger partial charge in [-0.1, -0.05) is 6.58 Å². The van der Waals surface area contributed by atoms with Gasteiger partial charge in [0.1, 0.15) is 6.04 Å². The van der Waals surface area contributed by atoms with Crippen LogP contribution < -0.4 is 5.43 Å². The van der Waals surface area contributed by atoms with Gasteiger partial charge in [0.15, 0.2) is 17.7 Å². The second-order valence-corrected chi connectivity index (χ2v) is 4.48. The predicted molar refractivity (Wildman–Crippen MR) is 79.3 cm³/mol. The van der Waals surface area contributed by atoms with Crippen molar-refractivity contribution in [2.24, 2.45) is 4.99 Å². The lowest BCUT2D eigenvalue weighted by Gasteiger charge is -2.32. The zero-order valence-corrected chi connectivity index (χ0v) is 11.6. The van der Waals surface area contributed by atoms with E-state index >= 15 is 0 Å². The Bertz CT molecular complexity index is 595. The van der Waals surface area contributed by atoms with Crippen molar-refractivity contribution in [3.8, 4) is 0 Å². The van der Waals surface area contributed by atoms with Gasteiger partial charge in [-0.15, -0.1) is 0 Å². The Balaban J connectivity index is 2.22. The smallest absolute Gasteiger partial charge is 0.181 e. The Morgan fingerprint density at radius 2 is 2.14 bits per heavy atom. The first-order valence-corrected chi connectivity index (χ1v) is 6.44. The topological polar surface area (TPSA) is 74.7 Å². The fraction of sp³-hybridized carbons (Fsp3) is 0.200. The molecule has 1 N–H and O–H groups in total. The normalized spacial score (nSPS) is 18.3. The predicted octanol–water partition coefficient (Wildman–Crippen LogP) is 1.20. The van der Waals surface area contributed by atoms with E-state index in [1.807, 2.05) is 12.1 Å². The molecule has 0 saturated carbocycles. The van der Waals surface area contributed by atoms with Crippen LogP contribution in [0.15, 0.2) is 54.4 Å². The molecule has 0 aromatic carbocycles. The third kappa shape index (κ3) is 3.49. The molecule has 2 heterocycles. The summed E-state index contributed by atoms with van der Waals surface area (Å²) in [5.41, 5.74) is 3.79. The van der Waals surface area contributed by atoms with Crippen molar-refractivity contribution in [1.82, 2.24) is 15.4 Å². The van der Waals surface area contributed by atoms with E-state index in [0.717, 1.165) is 11.6 Å². The van der Waals surface area contributed by atoms with Gasteiger partial charge < -0.3 is 0 Å². The van der Waals surface area contributed by atoms with Crippen LogP contribution in [0.1, 0.15) is 18.7 Å². The Hall–Kier alpha value is -2.60. The fourth-order valence-electron chi connectivity index (χ4n) is 1.93. The minimum atomic E-state index is -0.968. The van der Waals surface area contributed by atoms with Crippen molar-refractivity contribution >= 4 is 17.8 Å². The lowest BCUT2D eigenvalue weighted by atomic mass is 10.1. The van der Waals surface area contributed by atoms with E-state index in [1.54, 1.807) is 35.9 Å². The van der Waals surface area contributed by atoms with E-state index in [9.17, 15) is 9.59 Å². The molecule has 0 radical (unpaired) electrons. The number of nitrogens with one attached hydrogen (secondary N) is 1. The van der Waals surface area contributed by atoms with Gasteiger partial charge in [0.05, 0.1) is 0 Å². The molecule has 0 bridgehead atoms. The molecular weight excluding hydrogens is 268 g/mol. The monoisotopic (exact) mass is 284 g/mol. The molecule has 6 heteroatoms. The summed E-state index contributed by atoms with van der Waals surface area (Å²) in [6.07, 6.45) is 9.22. The molecule has 1 aromatic heterocycles. The molecule has 21 heavy (non-hydrogen) atoms. The first-order chi connectivity index (χ1) is 10.1. The molecule has 1 aromatic rings. The second-order valence-electron chi connectivity index (χ2n) is 4.48. The van der Waals surface area contributed by atoms with Crippen molar-refractivity contribution < 1.29 is 9.59 Å². The van der Waals surface area contributed by atoms with E-state index in [4.69, 9.17) is 0 Å². The zero-order chi connectivity index (χ0) is 15.2. The molecule has 2 rings (SSSR count). The highest BCUT2D eigenvalue weighted by molar-refractivity contribution is 6.10. The van der Waals surface area contributed by atoms with Crippen molar-refractivity contribution in [2.75, 3.05) is 0 Å². The quantitative estimate of drug-likeness (QED) is 0.627. The molecule has 1 aliphatic rings. The van der Waals surface area contributed by atoms with Gasteiger partial charge in [-0.3, -0.25) is 24.6 Å². The first-order valence-electron chi connectivity index (χ1n) is 6.44. The number of carbonyl (C=O) groups is 2. The third-order valence-electron chi connectivity index (χ3n) is 3.00. The minimum Gasteiger partial charge on any atom is -0.298 e. The van der Waals surface area contributed by atoms with Crippen LogP contribution in [-0.4, -0.2) is 33.8 Å². The SMILES string of the molecule is C=CC(=O)C(NN1C=CC=NC1c1ccncc1)C(C)=O. The number of hydrogen-bond donors (Lipinski definition) is 1. The van der Waals surface area contributed by atoms with Crippen molar-refractivity contribution in [3.05, 3.63) is 55.0 Å². The van der Waals surface area contributed by atoms with Gasteiger partial charge in [0, 0.05) is 30.4 Å². The van der Waals surface area contributed by atoms with E-state index in [2.05, 4.69) is 22.0 Å². The van der Waals surface area contributed by atoms with Gasteiger partial charge in [-0.25, -0.2) is 5.43 Å². The fourth-order valence-corrected chi connectivity index (χ4v) is 1.93. The van der Waals surface area contributed by atoms with Gasteiger partial charge in [0.25, 0.3) is 0 Å². The number of hydrogen-bond acceptors (Lipinski definition) is 6. The number of allylic oxidation sites excluding steroid dienone is 1. The number of hydrazine groups is 1. The summed E-state index contributed by atoms with van der Waals surface area (Å²) in [5.74, 6) is -0.657. The van der Waals surface area contributed by atoms with Gasteiger partial charge in [0.2, 0.25) is 0 Å². The summed E-state index contributed by atoms with van der Waals surface area (Å²) in [4.78, 5) is 31.7. The summed E-state index contributed by atoms with van der Waals surface area (Å²) in [7, 11) is 0. The summed E-state index contributed by atoms with van der Waals surface area (Å²) in [6, 6.07) is 2.69. The maximum atomic E-state index is 11.8. The third-order valence-corrected chi connectivity index (χ3v) is 3.00. The van der Waals surface area contributed by atoms with Gasteiger partial charge in [-0.05, 0) is 31.2 Å². The molecule has 2 atom stereocenters. The molecule has 0 aliphatic carbocycles. The number of rotatable bonds is 6. The van der Waals surface area contributed by atoms with E-state index in [0.29, 0.717) is 0 Å². The van der Waals surface area contributed by atoms with Crippen LogP contribution in [0, 0.1) is 0 Å². The van der Waals surface area contributed by atoms with Gasteiger partial charge >= 0.3 is 0 Å². The summed E-state index contributed by atoms with van der Waals surface area (Å²) in [5, 5.41) is 1.63. The van der Waals surface area contributed by atoms with Crippen LogP contribution in [0.2, 0.25) is 0 Å². The number of nitrogens with zero attached hydrogens (tertiary/aromatic N) is 3. The van der Waals surface area contributed by atoms with Crippen LogP contribution in [0.5, 0.6) is 0 Å². The number of aliphatic imine (C=N–C) groups is 1. The molecule has 6 nitrogen and oxygen atoms in total. The van der Waals surface area contributed by atoms with E-state index in [1.165, 1.54) is 6.92 Å². The first kappa shape index (κ1) is 14.8. The minimum absolute atomic E-state index is 0.281. The average molecular weight is 284 g/mol. The molecule has 0 spiro atoms. The maximum absolute atomic E-state index is 11.8. The largest absolute Gasteiger partial charge is 0.298 e. The lowest BCUT2D eigenvalue weighted by Crippen LogP contribution is -2.50. The highest BCUT2D eigenvalue weighted by Gasteiger charge is 2.26. The highest BCUT2D eigenvalue weighted by atomic mass is 16.2. The van der Waals surface area contributed by atoms with Crippen LogP contribution in [0.3, 0.4) is 0 Å². The Kier molecular flexibility index (Phi) is 4.73. The van der Waals surface area contributed by atoms with Crippen molar-refractivity contribution in [1.29, 1.82) is 0 Å². The van der Waals surface area contributed by atoms with Crippen LogP contribution in [-0.2, 0) is 9.59 Å². The van der Waals surface area contributed by atoms with Gasteiger partial charge in [-0.2, -0.15) is 0 Å². The maximum Gasteiger partial charge on any atom is 0.181 e. The van der Waals surface area contributed by atoms with Crippen LogP contribution in [0.4, 0.5) is 0 Å². The van der Waals surface area contributed by atoms with Crippen LogP contribution >= 0.6 is 0 Å². The molecule has 0 saturated heterocycles. The Morgan fingerprint density at radius 3 is 2.76 bits per heavy atom. The second kappa shape index (κ2) is 6.71.